The number of halogens is 4. The van der Waals surface area contributed by atoms with E-state index in [0.717, 1.165) is 12.1 Å². The Kier molecular flexibility index (Phi) is 4.91. The van der Waals surface area contributed by atoms with Gasteiger partial charge in [-0.2, -0.15) is 0 Å². The molecule has 0 aromatic heterocycles. The van der Waals surface area contributed by atoms with Gasteiger partial charge in [0.25, 0.3) is 0 Å². The lowest BCUT2D eigenvalue weighted by Crippen LogP contribution is -2.23. The molecule has 0 heterocycles. The zero-order valence-corrected chi connectivity index (χ0v) is 12.4. The Morgan fingerprint density at radius 1 is 1.05 bits per heavy atom. The minimum Gasteiger partial charge on any atom is -0.306 e. The van der Waals surface area contributed by atoms with E-state index in [9.17, 15) is 13.2 Å². The lowest BCUT2D eigenvalue weighted by atomic mass is 9.97. The van der Waals surface area contributed by atoms with Crippen molar-refractivity contribution in [2.24, 2.45) is 0 Å². The normalized spacial score (nSPS) is 12.5. The minimum atomic E-state index is -0.705. The molecule has 112 valence electrons. The van der Waals surface area contributed by atoms with Gasteiger partial charge >= 0.3 is 0 Å². The number of hydrogen-bond donors (Lipinski definition) is 1. The Hall–Kier alpha value is -1.52. The highest BCUT2D eigenvalue weighted by Gasteiger charge is 2.20. The minimum absolute atomic E-state index is 0.0991. The molecule has 2 aromatic rings. The van der Waals surface area contributed by atoms with Gasteiger partial charge in [-0.25, -0.2) is 13.2 Å². The van der Waals surface area contributed by atoms with Crippen LogP contribution in [0.5, 0.6) is 0 Å². The summed E-state index contributed by atoms with van der Waals surface area (Å²) in [7, 11) is 0. The van der Waals surface area contributed by atoms with E-state index in [1.54, 1.807) is 19.1 Å². The Morgan fingerprint density at radius 3 is 2.38 bits per heavy atom. The van der Waals surface area contributed by atoms with Gasteiger partial charge < -0.3 is 5.32 Å². The van der Waals surface area contributed by atoms with Gasteiger partial charge in [-0.15, -0.1) is 0 Å². The molecule has 0 spiro atoms. The van der Waals surface area contributed by atoms with E-state index in [-0.39, 0.29) is 16.4 Å². The van der Waals surface area contributed by atoms with Crippen molar-refractivity contribution < 1.29 is 13.2 Å². The maximum atomic E-state index is 14.1. The Balaban J connectivity index is 2.52. The fraction of sp³-hybridized carbons (Fsp3) is 0.250. The van der Waals surface area contributed by atoms with Crippen LogP contribution in [-0.4, -0.2) is 6.54 Å². The molecule has 0 saturated carbocycles. The highest BCUT2D eigenvalue weighted by atomic mass is 35.5. The molecule has 2 aromatic carbocycles. The van der Waals surface area contributed by atoms with Crippen LogP contribution >= 0.6 is 11.6 Å². The van der Waals surface area contributed by atoms with Gasteiger partial charge in [0, 0.05) is 5.56 Å². The lowest BCUT2D eigenvalue weighted by molar-refractivity contribution is 0.541. The molecule has 5 heteroatoms. The maximum Gasteiger partial charge on any atom is 0.142 e. The molecule has 1 atom stereocenters. The molecule has 0 aliphatic heterocycles. The molecule has 0 fully saturated rings. The molecule has 1 nitrogen and oxygen atoms in total. The van der Waals surface area contributed by atoms with E-state index in [2.05, 4.69) is 5.32 Å². The third-order valence-corrected chi connectivity index (χ3v) is 3.58. The summed E-state index contributed by atoms with van der Waals surface area (Å²) >= 11 is 5.56. The van der Waals surface area contributed by atoms with Gasteiger partial charge in [0.2, 0.25) is 0 Å². The molecular formula is C16H15ClF3N. The van der Waals surface area contributed by atoms with Crippen molar-refractivity contribution in [2.45, 2.75) is 19.9 Å². The van der Waals surface area contributed by atoms with Crippen LogP contribution in [0.3, 0.4) is 0 Å². The first-order valence-electron chi connectivity index (χ1n) is 6.58. The van der Waals surface area contributed by atoms with Crippen molar-refractivity contribution >= 4 is 11.6 Å². The molecule has 0 amide bonds. The summed E-state index contributed by atoms with van der Waals surface area (Å²) in [6, 6.07) is 5.96. The number of benzene rings is 2. The van der Waals surface area contributed by atoms with Gasteiger partial charge in [-0.1, -0.05) is 30.7 Å². The van der Waals surface area contributed by atoms with Gasteiger partial charge in [-0.05, 0) is 42.8 Å². The topological polar surface area (TPSA) is 12.0 Å². The van der Waals surface area contributed by atoms with E-state index in [1.807, 2.05) is 6.92 Å². The predicted molar refractivity (Wildman–Crippen MR) is 78.0 cm³/mol. The third-order valence-electron chi connectivity index (χ3n) is 3.29. The number of hydrogen-bond acceptors (Lipinski definition) is 1. The van der Waals surface area contributed by atoms with E-state index < -0.39 is 17.7 Å². The second kappa shape index (κ2) is 6.50. The van der Waals surface area contributed by atoms with Gasteiger partial charge in [0.15, 0.2) is 0 Å². The van der Waals surface area contributed by atoms with Crippen LogP contribution in [0.15, 0.2) is 30.3 Å². The fourth-order valence-corrected chi connectivity index (χ4v) is 2.31. The molecule has 0 aliphatic rings. The Bertz CT molecular complexity index is 658. The van der Waals surface area contributed by atoms with Crippen molar-refractivity contribution in [1.82, 2.24) is 5.32 Å². The van der Waals surface area contributed by atoms with Crippen LogP contribution in [0, 0.1) is 24.4 Å². The van der Waals surface area contributed by atoms with Crippen LogP contribution in [0.2, 0.25) is 5.02 Å². The van der Waals surface area contributed by atoms with Crippen molar-refractivity contribution in [3.63, 3.8) is 0 Å². The molecule has 1 unspecified atom stereocenters. The van der Waals surface area contributed by atoms with Gasteiger partial charge in [-0.3, -0.25) is 0 Å². The standard InChI is InChI=1S/C16H15ClF3N/c1-3-21-16(10-5-4-9(2)13(18)6-10)11-7-15(20)12(17)8-14(11)19/h4-8,16,21H,3H2,1-2H3. The molecule has 0 bridgehead atoms. The molecule has 0 radical (unpaired) electrons. The van der Waals surface area contributed by atoms with E-state index in [0.29, 0.717) is 17.7 Å². The van der Waals surface area contributed by atoms with Gasteiger partial charge in [0.1, 0.15) is 17.5 Å². The first-order valence-corrected chi connectivity index (χ1v) is 6.95. The molecule has 1 N–H and O–H groups in total. The maximum absolute atomic E-state index is 14.1. The number of nitrogens with one attached hydrogen (secondary N) is 1. The van der Waals surface area contributed by atoms with Crippen LogP contribution < -0.4 is 5.32 Å². The van der Waals surface area contributed by atoms with Gasteiger partial charge in [0.05, 0.1) is 11.1 Å². The van der Waals surface area contributed by atoms with E-state index in [4.69, 9.17) is 11.6 Å². The number of aryl methyl sites for hydroxylation is 1. The molecule has 21 heavy (non-hydrogen) atoms. The average Bonchev–Trinajstić information content (AvgIpc) is 2.44. The Labute approximate surface area is 126 Å². The smallest absolute Gasteiger partial charge is 0.142 e. The highest BCUT2D eigenvalue weighted by molar-refractivity contribution is 6.30. The molecule has 2 rings (SSSR count). The fourth-order valence-electron chi connectivity index (χ4n) is 2.16. The first kappa shape index (κ1) is 15.9. The SMILES string of the molecule is CCNC(c1ccc(C)c(F)c1)c1cc(F)c(Cl)cc1F. The summed E-state index contributed by atoms with van der Waals surface area (Å²) in [4.78, 5) is 0. The summed E-state index contributed by atoms with van der Waals surface area (Å²) in [6.45, 7) is 4.00. The zero-order valence-electron chi connectivity index (χ0n) is 11.7. The monoisotopic (exact) mass is 313 g/mol. The van der Waals surface area contributed by atoms with E-state index >= 15 is 0 Å². The second-order valence-electron chi connectivity index (χ2n) is 4.79. The third kappa shape index (κ3) is 3.39. The summed E-state index contributed by atoms with van der Waals surface area (Å²) in [5, 5.41) is 2.76. The second-order valence-corrected chi connectivity index (χ2v) is 5.19. The van der Waals surface area contributed by atoms with Crippen LogP contribution in [0.4, 0.5) is 13.2 Å². The molecule has 0 aliphatic carbocycles. The van der Waals surface area contributed by atoms with Crippen molar-refractivity contribution in [1.29, 1.82) is 0 Å². The highest BCUT2D eigenvalue weighted by Crippen LogP contribution is 2.29. The molecule has 0 saturated heterocycles. The van der Waals surface area contributed by atoms with Crippen molar-refractivity contribution in [3.8, 4) is 0 Å². The van der Waals surface area contributed by atoms with Crippen LogP contribution in [0.25, 0.3) is 0 Å². The summed E-state index contributed by atoms with van der Waals surface area (Å²) < 4.78 is 41.4. The quantitative estimate of drug-likeness (QED) is 0.802. The van der Waals surface area contributed by atoms with E-state index in [1.165, 1.54) is 6.07 Å². The average molecular weight is 314 g/mol. The lowest BCUT2D eigenvalue weighted by Gasteiger charge is -2.20. The number of rotatable bonds is 4. The summed E-state index contributed by atoms with van der Waals surface area (Å²) in [6.07, 6.45) is 0. The largest absolute Gasteiger partial charge is 0.306 e. The predicted octanol–water partition coefficient (Wildman–Crippen LogP) is 4.76. The zero-order chi connectivity index (χ0) is 15.6. The Morgan fingerprint density at radius 2 is 1.76 bits per heavy atom. The van der Waals surface area contributed by atoms with Crippen LogP contribution in [-0.2, 0) is 0 Å². The van der Waals surface area contributed by atoms with Crippen molar-refractivity contribution in [2.75, 3.05) is 6.54 Å². The van der Waals surface area contributed by atoms with Crippen molar-refractivity contribution in [3.05, 3.63) is 69.5 Å². The summed E-state index contributed by atoms with van der Waals surface area (Å²) in [5.41, 5.74) is 1.12. The summed E-state index contributed by atoms with van der Waals surface area (Å²) in [5.74, 6) is -1.72. The first-order chi connectivity index (χ1) is 9.93. The molecular weight excluding hydrogens is 299 g/mol. The van der Waals surface area contributed by atoms with Crippen LogP contribution in [0.1, 0.15) is 29.7 Å².